The van der Waals surface area contributed by atoms with Gasteiger partial charge in [0.05, 0.1) is 21.3 Å². The summed E-state index contributed by atoms with van der Waals surface area (Å²) in [5, 5.41) is 12.5. The first kappa shape index (κ1) is 17.3. The summed E-state index contributed by atoms with van der Waals surface area (Å²) in [7, 11) is 0. The van der Waals surface area contributed by atoms with Crippen molar-refractivity contribution in [2.24, 2.45) is 0 Å². The molecule has 0 aliphatic carbocycles. The molecule has 0 saturated carbocycles. The van der Waals surface area contributed by atoms with E-state index in [4.69, 9.17) is 28.3 Å². The fraction of sp³-hybridized carbons (Fsp3) is 0.118. The van der Waals surface area contributed by atoms with E-state index in [9.17, 15) is 9.59 Å². The smallest absolute Gasteiger partial charge is 0.335 e. The summed E-state index contributed by atoms with van der Waals surface area (Å²) < 4.78 is 1.52. The number of carboxylic acids is 1. The molecule has 6 nitrogen and oxygen atoms in total. The first-order chi connectivity index (χ1) is 11.8. The SMILES string of the molecule is Cc1ccc(C(=O)O)cc1NC(=O)c1c(C)nc2c(Cl)cc(Cl)cn12. The largest absolute Gasteiger partial charge is 0.478 e. The van der Waals surface area contributed by atoms with Gasteiger partial charge in [0.2, 0.25) is 0 Å². The van der Waals surface area contributed by atoms with Gasteiger partial charge in [0.15, 0.2) is 5.65 Å². The first-order valence-corrected chi connectivity index (χ1v) is 8.02. The number of halogens is 2. The van der Waals surface area contributed by atoms with Crippen LogP contribution in [0.3, 0.4) is 0 Å². The van der Waals surface area contributed by atoms with Gasteiger partial charge in [0, 0.05) is 11.9 Å². The number of aryl methyl sites for hydroxylation is 2. The summed E-state index contributed by atoms with van der Waals surface area (Å²) >= 11 is 12.1. The highest BCUT2D eigenvalue weighted by Crippen LogP contribution is 2.25. The van der Waals surface area contributed by atoms with E-state index in [1.807, 2.05) is 0 Å². The zero-order valence-electron chi connectivity index (χ0n) is 13.3. The number of carbonyl (C=O) groups excluding carboxylic acids is 1. The Balaban J connectivity index is 2.05. The van der Waals surface area contributed by atoms with Gasteiger partial charge in [-0.2, -0.15) is 0 Å². The van der Waals surface area contributed by atoms with Gasteiger partial charge >= 0.3 is 5.97 Å². The molecule has 1 amide bonds. The van der Waals surface area contributed by atoms with Gasteiger partial charge < -0.3 is 10.4 Å². The summed E-state index contributed by atoms with van der Waals surface area (Å²) in [6, 6.07) is 6.07. The highest BCUT2D eigenvalue weighted by atomic mass is 35.5. The average molecular weight is 378 g/mol. The van der Waals surface area contributed by atoms with Crippen LogP contribution in [-0.4, -0.2) is 26.4 Å². The fourth-order valence-corrected chi connectivity index (χ4v) is 3.04. The van der Waals surface area contributed by atoms with Gasteiger partial charge in [-0.15, -0.1) is 0 Å². The molecule has 3 rings (SSSR count). The van der Waals surface area contributed by atoms with Crippen molar-refractivity contribution in [1.29, 1.82) is 0 Å². The minimum absolute atomic E-state index is 0.0850. The molecule has 2 aromatic heterocycles. The Kier molecular flexibility index (Phi) is 4.41. The van der Waals surface area contributed by atoms with Crippen LogP contribution in [0.2, 0.25) is 10.0 Å². The van der Waals surface area contributed by atoms with Gasteiger partial charge in [0.1, 0.15) is 5.69 Å². The first-order valence-electron chi connectivity index (χ1n) is 7.27. The number of imidazole rings is 1. The van der Waals surface area contributed by atoms with Gasteiger partial charge in [-0.25, -0.2) is 9.78 Å². The standard InChI is InChI=1S/C17H13Cl2N3O3/c1-8-3-4-10(17(24)25)5-13(8)21-16(23)14-9(2)20-15-12(19)6-11(18)7-22(14)15/h3-7H,1-2H3,(H,21,23)(H,24,25). The number of hydrogen-bond donors (Lipinski definition) is 2. The van der Waals surface area contributed by atoms with Crippen LogP contribution in [0.5, 0.6) is 0 Å². The average Bonchev–Trinajstić information content (AvgIpc) is 2.85. The third-order valence-electron chi connectivity index (χ3n) is 3.76. The van der Waals surface area contributed by atoms with Crippen LogP contribution >= 0.6 is 23.2 Å². The number of pyridine rings is 1. The molecule has 0 unspecified atom stereocenters. The zero-order valence-corrected chi connectivity index (χ0v) is 14.8. The predicted molar refractivity (Wildman–Crippen MR) is 96.0 cm³/mol. The van der Waals surface area contributed by atoms with E-state index < -0.39 is 11.9 Å². The monoisotopic (exact) mass is 377 g/mol. The molecule has 3 aromatic rings. The molecular formula is C17H13Cl2N3O3. The molecule has 0 aliphatic heterocycles. The number of amides is 1. The van der Waals surface area contributed by atoms with Crippen molar-refractivity contribution < 1.29 is 14.7 Å². The number of nitrogens with one attached hydrogen (secondary N) is 1. The second kappa shape index (κ2) is 6.38. The summed E-state index contributed by atoms with van der Waals surface area (Å²) in [5.74, 6) is -1.51. The molecule has 2 heterocycles. The summed E-state index contributed by atoms with van der Waals surface area (Å²) in [5.41, 5.74) is 2.41. The third kappa shape index (κ3) is 3.18. The normalized spacial score (nSPS) is 10.9. The molecule has 2 N–H and O–H groups in total. The molecule has 8 heteroatoms. The maximum Gasteiger partial charge on any atom is 0.335 e. The van der Waals surface area contributed by atoms with Crippen LogP contribution in [0.4, 0.5) is 5.69 Å². The molecule has 0 saturated heterocycles. The van der Waals surface area contributed by atoms with Gasteiger partial charge in [0.25, 0.3) is 5.91 Å². The van der Waals surface area contributed by atoms with Crippen LogP contribution in [0, 0.1) is 13.8 Å². The highest BCUT2D eigenvalue weighted by molar-refractivity contribution is 6.36. The number of carboxylic acid groups (broad SMARTS) is 1. The molecule has 0 bridgehead atoms. The van der Waals surface area contributed by atoms with Crippen LogP contribution in [-0.2, 0) is 0 Å². The molecule has 0 aliphatic rings. The number of aromatic carboxylic acids is 1. The second-order valence-electron chi connectivity index (χ2n) is 5.53. The molecule has 0 spiro atoms. The van der Waals surface area contributed by atoms with Crippen molar-refractivity contribution in [2.45, 2.75) is 13.8 Å². The fourth-order valence-electron chi connectivity index (χ4n) is 2.53. The number of rotatable bonds is 3. The van der Waals surface area contributed by atoms with E-state index in [1.165, 1.54) is 16.5 Å². The topological polar surface area (TPSA) is 83.7 Å². The number of hydrogen-bond acceptors (Lipinski definition) is 3. The highest BCUT2D eigenvalue weighted by Gasteiger charge is 2.20. The lowest BCUT2D eigenvalue weighted by molar-refractivity contribution is 0.0696. The van der Waals surface area contributed by atoms with E-state index in [1.54, 1.807) is 32.2 Å². The van der Waals surface area contributed by atoms with Crippen molar-refractivity contribution in [3.63, 3.8) is 0 Å². The summed E-state index contributed by atoms with van der Waals surface area (Å²) in [6.07, 6.45) is 1.55. The van der Waals surface area contributed by atoms with Crippen molar-refractivity contribution >= 4 is 46.4 Å². The Morgan fingerprint density at radius 3 is 2.60 bits per heavy atom. The number of carbonyl (C=O) groups is 2. The Morgan fingerprint density at radius 2 is 1.92 bits per heavy atom. The van der Waals surface area contributed by atoms with Crippen LogP contribution in [0.25, 0.3) is 5.65 Å². The van der Waals surface area contributed by atoms with Crippen molar-refractivity contribution in [3.8, 4) is 0 Å². The minimum Gasteiger partial charge on any atom is -0.478 e. The van der Waals surface area contributed by atoms with Crippen LogP contribution in [0.15, 0.2) is 30.5 Å². The van der Waals surface area contributed by atoms with Crippen LogP contribution < -0.4 is 5.32 Å². The second-order valence-corrected chi connectivity index (χ2v) is 6.38. The van der Waals surface area contributed by atoms with E-state index >= 15 is 0 Å². The number of anilines is 1. The molecule has 1 aromatic carbocycles. The maximum absolute atomic E-state index is 12.8. The summed E-state index contributed by atoms with van der Waals surface area (Å²) in [4.78, 5) is 28.2. The van der Waals surface area contributed by atoms with Gasteiger partial charge in [-0.05, 0) is 37.6 Å². The van der Waals surface area contributed by atoms with Crippen molar-refractivity contribution in [1.82, 2.24) is 9.38 Å². The number of fused-ring (bicyclic) bond motifs is 1. The van der Waals surface area contributed by atoms with E-state index in [0.29, 0.717) is 27.1 Å². The van der Waals surface area contributed by atoms with Crippen molar-refractivity contribution in [2.75, 3.05) is 5.32 Å². The van der Waals surface area contributed by atoms with E-state index in [0.717, 1.165) is 5.56 Å². The third-order valence-corrected chi connectivity index (χ3v) is 4.25. The summed E-state index contributed by atoms with van der Waals surface area (Å²) in [6.45, 7) is 3.46. The molecular weight excluding hydrogens is 365 g/mol. The lowest BCUT2D eigenvalue weighted by Crippen LogP contribution is -2.16. The van der Waals surface area contributed by atoms with E-state index in [2.05, 4.69) is 10.3 Å². The quantitative estimate of drug-likeness (QED) is 0.715. The number of aromatic nitrogens is 2. The Bertz CT molecular complexity index is 1030. The molecule has 0 atom stereocenters. The molecule has 128 valence electrons. The lowest BCUT2D eigenvalue weighted by atomic mass is 10.1. The number of benzene rings is 1. The molecule has 0 fully saturated rings. The zero-order chi connectivity index (χ0) is 18.3. The number of nitrogens with zero attached hydrogens (tertiary/aromatic N) is 2. The van der Waals surface area contributed by atoms with Crippen LogP contribution in [0.1, 0.15) is 32.1 Å². The Hall–Kier alpha value is -2.57. The Morgan fingerprint density at radius 1 is 1.20 bits per heavy atom. The predicted octanol–water partition coefficient (Wildman–Crippen LogP) is 4.21. The van der Waals surface area contributed by atoms with Gasteiger partial charge in [-0.3, -0.25) is 9.20 Å². The molecule has 25 heavy (non-hydrogen) atoms. The lowest BCUT2D eigenvalue weighted by Gasteiger charge is -2.10. The molecule has 0 radical (unpaired) electrons. The Labute approximate surface area is 153 Å². The minimum atomic E-state index is -1.07. The van der Waals surface area contributed by atoms with Gasteiger partial charge in [-0.1, -0.05) is 29.3 Å². The maximum atomic E-state index is 12.8. The van der Waals surface area contributed by atoms with E-state index in [-0.39, 0.29) is 11.3 Å². The van der Waals surface area contributed by atoms with Crippen molar-refractivity contribution in [3.05, 3.63) is 63.0 Å².